The minimum atomic E-state index is -0.00775. The molecule has 1 aromatic carbocycles. The Labute approximate surface area is 97.5 Å². The van der Waals surface area contributed by atoms with E-state index in [4.69, 9.17) is 0 Å². The summed E-state index contributed by atoms with van der Waals surface area (Å²) in [6.45, 7) is 6.28. The van der Waals surface area contributed by atoms with E-state index in [1.807, 2.05) is 42.5 Å². The molecule has 0 aliphatic rings. The van der Waals surface area contributed by atoms with Gasteiger partial charge in [0.05, 0.1) is 0 Å². The van der Waals surface area contributed by atoms with E-state index in [1.54, 1.807) is 6.08 Å². The molecule has 0 N–H and O–H groups in total. The van der Waals surface area contributed by atoms with Gasteiger partial charge >= 0.3 is 0 Å². The Morgan fingerprint density at radius 2 is 1.75 bits per heavy atom. The number of carbonyl (C=O) groups excluding carboxylic acids is 1. The van der Waals surface area contributed by atoms with Crippen LogP contribution >= 0.6 is 0 Å². The topological polar surface area (TPSA) is 17.1 Å². The molecule has 1 heteroatoms. The van der Waals surface area contributed by atoms with Crippen LogP contribution in [0.25, 0.3) is 6.08 Å². The lowest BCUT2D eigenvalue weighted by Crippen LogP contribution is -2.07. The molecule has 0 aromatic heterocycles. The van der Waals surface area contributed by atoms with Gasteiger partial charge in [-0.05, 0) is 22.6 Å². The van der Waals surface area contributed by atoms with Crippen molar-refractivity contribution in [1.82, 2.24) is 0 Å². The first-order valence-electron chi connectivity index (χ1n) is 5.43. The van der Waals surface area contributed by atoms with Crippen LogP contribution in [0.1, 0.15) is 26.3 Å². The maximum Gasteiger partial charge on any atom is 0.143 e. The Morgan fingerprint density at radius 1 is 1.12 bits per heavy atom. The van der Waals surface area contributed by atoms with Crippen molar-refractivity contribution in [2.45, 2.75) is 20.8 Å². The van der Waals surface area contributed by atoms with Gasteiger partial charge in [-0.2, -0.15) is 0 Å². The zero-order chi connectivity index (χ0) is 12.0. The van der Waals surface area contributed by atoms with Crippen LogP contribution in [0, 0.1) is 5.41 Å². The Kier molecular flexibility index (Phi) is 4.24. The van der Waals surface area contributed by atoms with E-state index < -0.39 is 0 Å². The normalized spacial score (nSPS) is 13.1. The van der Waals surface area contributed by atoms with Gasteiger partial charge in [0.15, 0.2) is 0 Å². The summed E-state index contributed by atoms with van der Waals surface area (Å²) in [5.41, 5.74) is 2.17. The molecule has 1 nitrogen and oxygen atoms in total. The van der Waals surface area contributed by atoms with Crippen LogP contribution in [0.4, 0.5) is 0 Å². The average molecular weight is 214 g/mol. The van der Waals surface area contributed by atoms with Gasteiger partial charge in [0.1, 0.15) is 6.29 Å². The maximum absolute atomic E-state index is 10.6. The van der Waals surface area contributed by atoms with Crippen LogP contribution < -0.4 is 0 Å². The Hall–Kier alpha value is -1.63. The Morgan fingerprint density at radius 3 is 2.25 bits per heavy atom. The van der Waals surface area contributed by atoms with Gasteiger partial charge in [0.25, 0.3) is 0 Å². The SMILES string of the molecule is CC(C)(C)C(=C\C=O)/C=C/c1ccccc1. The van der Waals surface area contributed by atoms with Gasteiger partial charge in [-0.15, -0.1) is 0 Å². The van der Waals surface area contributed by atoms with Crippen molar-refractivity contribution in [3.05, 3.63) is 53.6 Å². The molecule has 0 fully saturated rings. The Balaban J connectivity index is 2.90. The molecule has 0 amide bonds. The number of allylic oxidation sites excluding steroid dienone is 3. The van der Waals surface area contributed by atoms with Crippen molar-refractivity contribution in [3.63, 3.8) is 0 Å². The fourth-order valence-corrected chi connectivity index (χ4v) is 1.38. The molecule has 0 atom stereocenters. The van der Waals surface area contributed by atoms with Crippen molar-refractivity contribution >= 4 is 12.4 Å². The van der Waals surface area contributed by atoms with Gasteiger partial charge in [-0.1, -0.05) is 63.3 Å². The van der Waals surface area contributed by atoms with Crippen LogP contribution in [-0.2, 0) is 4.79 Å². The van der Waals surface area contributed by atoms with E-state index in [9.17, 15) is 4.79 Å². The fourth-order valence-electron chi connectivity index (χ4n) is 1.38. The third kappa shape index (κ3) is 3.85. The number of aldehydes is 1. The largest absolute Gasteiger partial charge is 0.299 e. The van der Waals surface area contributed by atoms with Gasteiger partial charge in [0, 0.05) is 0 Å². The molecule has 1 aromatic rings. The zero-order valence-electron chi connectivity index (χ0n) is 10.1. The van der Waals surface area contributed by atoms with Crippen molar-refractivity contribution in [2.24, 2.45) is 5.41 Å². The van der Waals surface area contributed by atoms with E-state index in [2.05, 4.69) is 20.8 Å². The molecule has 0 bridgehead atoms. The van der Waals surface area contributed by atoms with Gasteiger partial charge in [-0.25, -0.2) is 0 Å². The highest BCUT2D eigenvalue weighted by atomic mass is 16.1. The maximum atomic E-state index is 10.6. The van der Waals surface area contributed by atoms with E-state index >= 15 is 0 Å². The summed E-state index contributed by atoms with van der Waals surface area (Å²) in [4.78, 5) is 10.6. The zero-order valence-corrected chi connectivity index (χ0v) is 10.1. The van der Waals surface area contributed by atoms with Crippen LogP contribution in [0.2, 0.25) is 0 Å². The molecule has 0 spiro atoms. The average Bonchev–Trinajstić information content (AvgIpc) is 2.24. The highest BCUT2D eigenvalue weighted by Gasteiger charge is 2.13. The quantitative estimate of drug-likeness (QED) is 0.424. The van der Waals surface area contributed by atoms with E-state index in [1.165, 1.54) is 0 Å². The lowest BCUT2D eigenvalue weighted by Gasteiger charge is -2.19. The molecule has 0 saturated carbocycles. The summed E-state index contributed by atoms with van der Waals surface area (Å²) < 4.78 is 0. The molecular weight excluding hydrogens is 196 g/mol. The number of carbonyl (C=O) groups is 1. The summed E-state index contributed by atoms with van der Waals surface area (Å²) in [5, 5.41) is 0. The first kappa shape index (κ1) is 12.4. The van der Waals surface area contributed by atoms with E-state index in [0.29, 0.717) is 0 Å². The van der Waals surface area contributed by atoms with Crippen molar-refractivity contribution in [3.8, 4) is 0 Å². The monoisotopic (exact) mass is 214 g/mol. The molecule has 0 aliphatic heterocycles. The number of rotatable bonds is 3. The second kappa shape index (κ2) is 5.45. The van der Waals surface area contributed by atoms with Gasteiger partial charge < -0.3 is 0 Å². The Bertz CT molecular complexity index is 391. The molecule has 0 radical (unpaired) electrons. The second-order valence-corrected chi connectivity index (χ2v) is 4.75. The van der Waals surface area contributed by atoms with Crippen molar-refractivity contribution in [1.29, 1.82) is 0 Å². The smallest absolute Gasteiger partial charge is 0.143 e. The molecule has 0 unspecified atom stereocenters. The summed E-state index contributed by atoms with van der Waals surface area (Å²) in [7, 11) is 0. The van der Waals surface area contributed by atoms with Crippen molar-refractivity contribution < 1.29 is 4.79 Å². The minimum Gasteiger partial charge on any atom is -0.299 e. The van der Waals surface area contributed by atoms with E-state index in [-0.39, 0.29) is 5.41 Å². The second-order valence-electron chi connectivity index (χ2n) is 4.75. The number of hydrogen-bond donors (Lipinski definition) is 0. The lowest BCUT2D eigenvalue weighted by atomic mass is 9.86. The third-order valence-electron chi connectivity index (χ3n) is 2.37. The molecular formula is C15H18O. The van der Waals surface area contributed by atoms with Crippen molar-refractivity contribution in [2.75, 3.05) is 0 Å². The summed E-state index contributed by atoms with van der Waals surface area (Å²) in [5.74, 6) is 0. The summed E-state index contributed by atoms with van der Waals surface area (Å²) >= 11 is 0. The predicted molar refractivity (Wildman–Crippen MR) is 69.1 cm³/mol. The number of benzene rings is 1. The number of hydrogen-bond acceptors (Lipinski definition) is 1. The lowest BCUT2D eigenvalue weighted by molar-refractivity contribution is -0.104. The summed E-state index contributed by atoms with van der Waals surface area (Å²) in [6.07, 6.45) is 6.50. The molecule has 0 saturated heterocycles. The molecule has 1 rings (SSSR count). The molecule has 16 heavy (non-hydrogen) atoms. The molecule has 0 heterocycles. The fraction of sp³-hybridized carbons (Fsp3) is 0.267. The summed E-state index contributed by atoms with van der Waals surface area (Å²) in [6, 6.07) is 10.1. The third-order valence-corrected chi connectivity index (χ3v) is 2.37. The highest BCUT2D eigenvalue weighted by molar-refractivity contribution is 5.69. The first-order valence-corrected chi connectivity index (χ1v) is 5.43. The molecule has 0 aliphatic carbocycles. The van der Waals surface area contributed by atoms with Gasteiger partial charge in [0.2, 0.25) is 0 Å². The highest BCUT2D eigenvalue weighted by Crippen LogP contribution is 2.26. The molecule has 84 valence electrons. The van der Waals surface area contributed by atoms with Gasteiger partial charge in [-0.3, -0.25) is 4.79 Å². The van der Waals surface area contributed by atoms with E-state index in [0.717, 1.165) is 17.4 Å². The van der Waals surface area contributed by atoms with Crippen LogP contribution in [0.5, 0.6) is 0 Å². The van der Waals surface area contributed by atoms with Crippen LogP contribution in [0.3, 0.4) is 0 Å². The minimum absolute atomic E-state index is 0.00775. The standard InChI is InChI=1S/C15H18O/c1-15(2,3)14(11-12-16)10-9-13-7-5-4-6-8-13/h4-12H,1-3H3/b10-9+,14-11-. The predicted octanol–water partition coefficient (Wildman–Crippen LogP) is 3.87. The van der Waals surface area contributed by atoms with Crippen LogP contribution in [0.15, 0.2) is 48.1 Å². The first-order chi connectivity index (χ1) is 7.54. The van der Waals surface area contributed by atoms with Crippen LogP contribution in [-0.4, -0.2) is 6.29 Å².